The fraction of sp³-hybridized carbons (Fsp3) is 1.00. The summed E-state index contributed by atoms with van der Waals surface area (Å²) in [6, 6.07) is 0.713. The van der Waals surface area contributed by atoms with Crippen molar-refractivity contribution >= 4 is 0 Å². The van der Waals surface area contributed by atoms with Crippen molar-refractivity contribution in [3.8, 4) is 0 Å². The Morgan fingerprint density at radius 3 is 2.83 bits per heavy atom. The van der Waals surface area contributed by atoms with Gasteiger partial charge in [0.2, 0.25) is 0 Å². The molecule has 0 saturated carbocycles. The average molecular weight is 169 g/mol. The van der Waals surface area contributed by atoms with Crippen molar-refractivity contribution < 1.29 is 4.74 Å². The van der Waals surface area contributed by atoms with Gasteiger partial charge in [0.15, 0.2) is 0 Å². The van der Waals surface area contributed by atoms with E-state index < -0.39 is 0 Å². The number of fused-ring (bicyclic) bond motifs is 1. The summed E-state index contributed by atoms with van der Waals surface area (Å²) < 4.78 is 5.98. The van der Waals surface area contributed by atoms with Gasteiger partial charge in [-0.2, -0.15) is 0 Å². The van der Waals surface area contributed by atoms with Crippen LogP contribution < -0.4 is 0 Å². The molecule has 2 fully saturated rings. The van der Waals surface area contributed by atoms with Crippen molar-refractivity contribution in [1.29, 1.82) is 0 Å². The molecule has 0 aromatic heterocycles. The predicted octanol–water partition coefficient (Wildman–Crippen LogP) is 1.50. The highest BCUT2D eigenvalue weighted by Gasteiger charge is 2.44. The monoisotopic (exact) mass is 169 g/mol. The first-order chi connectivity index (χ1) is 5.72. The highest BCUT2D eigenvalue weighted by atomic mass is 16.5. The van der Waals surface area contributed by atoms with Crippen LogP contribution in [0.2, 0.25) is 0 Å². The van der Waals surface area contributed by atoms with Crippen molar-refractivity contribution in [2.45, 2.75) is 44.9 Å². The zero-order valence-electron chi connectivity index (χ0n) is 8.29. The largest absolute Gasteiger partial charge is 0.373 e. The average Bonchev–Trinajstić information content (AvgIpc) is 2.55. The first kappa shape index (κ1) is 8.52. The van der Waals surface area contributed by atoms with Crippen molar-refractivity contribution in [1.82, 2.24) is 4.90 Å². The number of hydrogen-bond donors (Lipinski definition) is 0. The van der Waals surface area contributed by atoms with Crippen LogP contribution in [0.4, 0.5) is 0 Å². The van der Waals surface area contributed by atoms with E-state index in [1.165, 1.54) is 19.4 Å². The topological polar surface area (TPSA) is 12.5 Å². The fourth-order valence-corrected chi connectivity index (χ4v) is 2.67. The minimum atomic E-state index is 0.528. The molecular formula is C10H19NO. The number of hydrogen-bond acceptors (Lipinski definition) is 2. The van der Waals surface area contributed by atoms with Gasteiger partial charge >= 0.3 is 0 Å². The molecule has 4 atom stereocenters. The zero-order valence-corrected chi connectivity index (χ0v) is 8.29. The minimum Gasteiger partial charge on any atom is -0.373 e. The van der Waals surface area contributed by atoms with Gasteiger partial charge in [0.1, 0.15) is 0 Å². The summed E-state index contributed by atoms with van der Waals surface area (Å²) in [6.07, 6.45) is 3.49. The second-order valence-electron chi connectivity index (χ2n) is 4.35. The number of rotatable bonds is 1. The molecule has 1 unspecified atom stereocenters. The molecule has 0 aliphatic carbocycles. The molecule has 0 amide bonds. The third-order valence-corrected chi connectivity index (χ3v) is 3.39. The second-order valence-corrected chi connectivity index (χ2v) is 4.35. The molecule has 0 bridgehead atoms. The van der Waals surface area contributed by atoms with Gasteiger partial charge in [-0.05, 0) is 25.8 Å². The molecule has 2 aliphatic rings. The van der Waals surface area contributed by atoms with E-state index in [1.807, 2.05) is 0 Å². The standard InChI is InChI=1S/C10H19NO/c1-4-8-5-9-10(12-8)7(2)6-11(9)3/h7-10H,4-6H2,1-3H3/t7-,8?,9-,10-/m0/s1. The molecule has 0 radical (unpaired) electrons. The third-order valence-electron chi connectivity index (χ3n) is 3.39. The molecule has 2 heteroatoms. The Balaban J connectivity index is 2.04. The first-order valence-corrected chi connectivity index (χ1v) is 5.08. The Morgan fingerprint density at radius 2 is 2.25 bits per heavy atom. The van der Waals surface area contributed by atoms with Gasteiger partial charge in [-0.3, -0.25) is 0 Å². The van der Waals surface area contributed by atoms with Crippen LogP contribution in [0.5, 0.6) is 0 Å². The summed E-state index contributed by atoms with van der Waals surface area (Å²) in [7, 11) is 2.22. The van der Waals surface area contributed by atoms with E-state index in [0.29, 0.717) is 18.2 Å². The molecule has 12 heavy (non-hydrogen) atoms. The lowest BCUT2D eigenvalue weighted by molar-refractivity contribution is 0.0229. The van der Waals surface area contributed by atoms with Gasteiger partial charge < -0.3 is 9.64 Å². The van der Waals surface area contributed by atoms with Crippen LogP contribution in [-0.2, 0) is 4.74 Å². The highest BCUT2D eigenvalue weighted by molar-refractivity contribution is 4.96. The van der Waals surface area contributed by atoms with Crippen LogP contribution in [-0.4, -0.2) is 36.7 Å². The molecule has 70 valence electrons. The van der Waals surface area contributed by atoms with Gasteiger partial charge in [-0.25, -0.2) is 0 Å². The summed E-state index contributed by atoms with van der Waals surface area (Å²) in [6.45, 7) is 5.74. The lowest BCUT2D eigenvalue weighted by Gasteiger charge is -2.15. The van der Waals surface area contributed by atoms with Crippen molar-refractivity contribution in [2.24, 2.45) is 5.92 Å². The molecule has 0 aromatic rings. The summed E-state index contributed by atoms with van der Waals surface area (Å²) in [5.74, 6) is 0.733. The smallest absolute Gasteiger partial charge is 0.0772 e. The lowest BCUT2D eigenvalue weighted by atomic mass is 10.0. The van der Waals surface area contributed by atoms with E-state index in [1.54, 1.807) is 0 Å². The van der Waals surface area contributed by atoms with Crippen LogP contribution in [0, 0.1) is 5.92 Å². The Kier molecular flexibility index (Phi) is 2.13. The van der Waals surface area contributed by atoms with Crippen molar-refractivity contribution in [3.63, 3.8) is 0 Å². The Bertz CT molecular complexity index is 155. The summed E-state index contributed by atoms with van der Waals surface area (Å²) in [4.78, 5) is 2.46. The Labute approximate surface area is 74.9 Å². The minimum absolute atomic E-state index is 0.528. The van der Waals surface area contributed by atoms with E-state index in [4.69, 9.17) is 4.74 Å². The predicted molar refractivity (Wildman–Crippen MR) is 49.2 cm³/mol. The van der Waals surface area contributed by atoms with E-state index in [2.05, 4.69) is 25.8 Å². The van der Waals surface area contributed by atoms with Gasteiger partial charge in [-0.15, -0.1) is 0 Å². The van der Waals surface area contributed by atoms with Crippen LogP contribution in [0.1, 0.15) is 26.7 Å². The number of ether oxygens (including phenoxy) is 1. The molecule has 0 N–H and O–H groups in total. The number of likely N-dealkylation sites (N-methyl/N-ethyl adjacent to an activating group) is 1. The molecule has 2 saturated heterocycles. The van der Waals surface area contributed by atoms with E-state index in [9.17, 15) is 0 Å². The van der Waals surface area contributed by atoms with Crippen molar-refractivity contribution in [3.05, 3.63) is 0 Å². The first-order valence-electron chi connectivity index (χ1n) is 5.08. The molecule has 0 aromatic carbocycles. The van der Waals surface area contributed by atoms with Crippen LogP contribution in [0.15, 0.2) is 0 Å². The maximum absolute atomic E-state index is 5.98. The zero-order chi connectivity index (χ0) is 8.72. The summed E-state index contributed by atoms with van der Waals surface area (Å²) in [5.41, 5.74) is 0. The Morgan fingerprint density at radius 1 is 1.50 bits per heavy atom. The van der Waals surface area contributed by atoms with Gasteiger partial charge in [0, 0.05) is 12.6 Å². The third kappa shape index (κ3) is 1.17. The molecular weight excluding hydrogens is 150 g/mol. The summed E-state index contributed by atoms with van der Waals surface area (Å²) in [5, 5.41) is 0. The molecule has 0 spiro atoms. The highest BCUT2D eigenvalue weighted by Crippen LogP contribution is 2.35. The second kappa shape index (κ2) is 3.00. The number of nitrogens with zero attached hydrogens (tertiary/aromatic N) is 1. The quantitative estimate of drug-likeness (QED) is 0.590. The maximum Gasteiger partial charge on any atom is 0.0772 e. The molecule has 2 nitrogen and oxygen atoms in total. The van der Waals surface area contributed by atoms with Gasteiger partial charge in [0.05, 0.1) is 12.2 Å². The van der Waals surface area contributed by atoms with Crippen LogP contribution in [0.25, 0.3) is 0 Å². The van der Waals surface area contributed by atoms with Crippen molar-refractivity contribution in [2.75, 3.05) is 13.6 Å². The number of likely N-dealkylation sites (tertiary alicyclic amines) is 1. The summed E-state index contributed by atoms with van der Waals surface area (Å²) >= 11 is 0. The SMILES string of the molecule is CCC1C[C@H]2[C@@H](O1)[C@@H](C)CN2C. The Hall–Kier alpha value is -0.0800. The molecule has 2 rings (SSSR count). The van der Waals surface area contributed by atoms with Crippen LogP contribution in [0.3, 0.4) is 0 Å². The van der Waals surface area contributed by atoms with E-state index in [-0.39, 0.29) is 0 Å². The lowest BCUT2D eigenvalue weighted by Crippen LogP contribution is -2.28. The van der Waals surface area contributed by atoms with E-state index >= 15 is 0 Å². The molecule has 2 aliphatic heterocycles. The van der Waals surface area contributed by atoms with Gasteiger partial charge in [0.25, 0.3) is 0 Å². The van der Waals surface area contributed by atoms with Gasteiger partial charge in [-0.1, -0.05) is 13.8 Å². The van der Waals surface area contributed by atoms with Crippen LogP contribution >= 0.6 is 0 Å². The fourth-order valence-electron chi connectivity index (χ4n) is 2.67. The maximum atomic E-state index is 5.98. The van der Waals surface area contributed by atoms with E-state index in [0.717, 1.165) is 5.92 Å². The normalized spacial score (nSPS) is 48.2. The molecule has 2 heterocycles.